The van der Waals surface area contributed by atoms with E-state index in [-0.39, 0.29) is 23.8 Å². The van der Waals surface area contributed by atoms with Crippen LogP contribution in [0.1, 0.15) is 44.4 Å². The predicted molar refractivity (Wildman–Crippen MR) is 111 cm³/mol. The number of alkyl halides is 3. The van der Waals surface area contributed by atoms with E-state index in [1.54, 1.807) is 29.2 Å². The molecule has 0 aliphatic heterocycles. The van der Waals surface area contributed by atoms with Crippen LogP contribution >= 0.6 is 0 Å². The molecule has 0 fully saturated rings. The molecule has 0 radical (unpaired) electrons. The van der Waals surface area contributed by atoms with Gasteiger partial charge in [0.2, 0.25) is 5.91 Å². The average Bonchev–Trinajstić information content (AvgIpc) is 2.70. The first kappa shape index (κ1) is 24.2. The molecule has 0 bridgehead atoms. The van der Waals surface area contributed by atoms with Gasteiger partial charge in [-0.25, -0.2) is 0 Å². The number of carboxylic acids is 1. The molecule has 0 spiro atoms. The molecule has 8 heteroatoms. The van der Waals surface area contributed by atoms with Crippen LogP contribution in [0.3, 0.4) is 0 Å². The first-order valence-electron chi connectivity index (χ1n) is 9.71. The van der Waals surface area contributed by atoms with Crippen molar-refractivity contribution in [2.24, 2.45) is 0 Å². The van der Waals surface area contributed by atoms with Crippen LogP contribution in [-0.2, 0) is 27.7 Å². The topological polar surface area (TPSA) is 66.8 Å². The lowest BCUT2D eigenvalue weighted by Gasteiger charge is -2.27. The molecule has 1 amide bonds. The third-order valence-corrected chi connectivity index (χ3v) is 5.35. The lowest BCUT2D eigenvalue weighted by molar-refractivity contribution is -0.145. The monoisotopic (exact) mass is 437 g/mol. The van der Waals surface area contributed by atoms with E-state index in [0.29, 0.717) is 23.2 Å². The van der Waals surface area contributed by atoms with E-state index >= 15 is 0 Å². The highest BCUT2D eigenvalue weighted by molar-refractivity contribution is 5.84. The third-order valence-electron chi connectivity index (χ3n) is 5.35. The van der Waals surface area contributed by atoms with E-state index in [2.05, 4.69) is 0 Å². The summed E-state index contributed by atoms with van der Waals surface area (Å²) < 4.78 is 46.6. The third kappa shape index (κ3) is 5.00. The fourth-order valence-electron chi connectivity index (χ4n) is 3.40. The maximum Gasteiger partial charge on any atom is 0.416 e. The Kier molecular flexibility index (Phi) is 7.03. The van der Waals surface area contributed by atoms with E-state index in [1.807, 2.05) is 6.92 Å². The lowest BCUT2D eigenvalue weighted by Crippen LogP contribution is -2.31. The molecule has 5 nitrogen and oxygen atoms in total. The number of benzene rings is 2. The normalized spacial score (nSPS) is 11.9. The quantitative estimate of drug-likeness (QED) is 0.654. The van der Waals surface area contributed by atoms with Crippen LogP contribution in [0.5, 0.6) is 5.75 Å². The molecule has 2 rings (SSSR count). The number of ether oxygens (including phenoxy) is 1. The van der Waals surface area contributed by atoms with Crippen LogP contribution in [0, 0.1) is 0 Å². The van der Waals surface area contributed by atoms with Gasteiger partial charge in [0.15, 0.2) is 0 Å². The Morgan fingerprint density at radius 3 is 2.16 bits per heavy atom. The van der Waals surface area contributed by atoms with Gasteiger partial charge in [-0.05, 0) is 49.6 Å². The molecule has 0 heterocycles. The van der Waals surface area contributed by atoms with Crippen LogP contribution in [0.25, 0.3) is 11.1 Å². The summed E-state index contributed by atoms with van der Waals surface area (Å²) in [5, 5.41) is 9.60. The molecule has 0 unspecified atom stereocenters. The first-order chi connectivity index (χ1) is 14.3. The number of carbonyl (C=O) groups is 2. The van der Waals surface area contributed by atoms with E-state index in [4.69, 9.17) is 4.74 Å². The van der Waals surface area contributed by atoms with Crippen molar-refractivity contribution < 1.29 is 32.6 Å². The van der Waals surface area contributed by atoms with E-state index in [0.717, 1.165) is 6.07 Å². The zero-order valence-electron chi connectivity index (χ0n) is 18.1. The number of carbonyl (C=O) groups excluding carboxylic acids is 1. The number of hydrogen-bond acceptors (Lipinski definition) is 3. The minimum atomic E-state index is -4.76. The number of rotatable bonds is 7. The molecule has 31 heavy (non-hydrogen) atoms. The van der Waals surface area contributed by atoms with Crippen molar-refractivity contribution in [2.75, 3.05) is 13.7 Å². The van der Waals surface area contributed by atoms with Crippen LogP contribution < -0.4 is 4.74 Å². The maximum absolute atomic E-state index is 13.8. The maximum atomic E-state index is 13.8. The van der Waals surface area contributed by atoms with E-state index < -0.39 is 23.1 Å². The molecular formula is C23H26F3NO4. The molecule has 168 valence electrons. The van der Waals surface area contributed by atoms with Crippen molar-refractivity contribution in [3.05, 3.63) is 53.1 Å². The molecule has 0 aromatic heterocycles. The second-order valence-electron chi connectivity index (χ2n) is 7.72. The van der Waals surface area contributed by atoms with Gasteiger partial charge >= 0.3 is 12.1 Å². The zero-order valence-corrected chi connectivity index (χ0v) is 18.1. The highest BCUT2D eigenvalue weighted by Crippen LogP contribution is 2.44. The number of amides is 1. The Morgan fingerprint density at radius 2 is 1.68 bits per heavy atom. The SMILES string of the molecule is CCN(Cc1ccccc1-c1cc(C(C)(C)C(=O)O)c(C(F)(F)F)cc1OC)C(C)=O. The van der Waals surface area contributed by atoms with Gasteiger partial charge in [-0.1, -0.05) is 24.3 Å². The highest BCUT2D eigenvalue weighted by atomic mass is 19.4. The lowest BCUT2D eigenvalue weighted by atomic mass is 9.79. The van der Waals surface area contributed by atoms with Gasteiger partial charge in [-0.15, -0.1) is 0 Å². The second-order valence-corrected chi connectivity index (χ2v) is 7.72. The Balaban J connectivity index is 2.82. The van der Waals surface area contributed by atoms with Crippen LogP contribution in [0.15, 0.2) is 36.4 Å². The first-order valence-corrected chi connectivity index (χ1v) is 9.71. The molecule has 0 aliphatic rings. The Labute approximate surface area is 179 Å². The van der Waals surface area contributed by atoms with Gasteiger partial charge in [-0.2, -0.15) is 13.2 Å². The summed E-state index contributed by atoms with van der Waals surface area (Å²) in [7, 11) is 1.26. The van der Waals surface area contributed by atoms with Crippen molar-refractivity contribution in [3.8, 4) is 16.9 Å². The number of hydrogen-bond donors (Lipinski definition) is 1. The average molecular weight is 437 g/mol. The fraction of sp³-hybridized carbons (Fsp3) is 0.391. The van der Waals surface area contributed by atoms with Crippen LogP contribution in [0.2, 0.25) is 0 Å². The van der Waals surface area contributed by atoms with E-state index in [9.17, 15) is 27.9 Å². The summed E-state index contributed by atoms with van der Waals surface area (Å²) >= 11 is 0. The number of halogens is 3. The number of aliphatic carboxylic acids is 1. The molecule has 0 saturated carbocycles. The fourth-order valence-corrected chi connectivity index (χ4v) is 3.40. The number of nitrogens with zero attached hydrogens (tertiary/aromatic N) is 1. The molecule has 1 N–H and O–H groups in total. The molecule has 0 aliphatic carbocycles. The Morgan fingerprint density at radius 1 is 1.06 bits per heavy atom. The van der Waals surface area contributed by atoms with Gasteiger partial charge in [0.1, 0.15) is 5.75 Å². The van der Waals surface area contributed by atoms with Crippen molar-refractivity contribution in [1.29, 1.82) is 0 Å². The van der Waals surface area contributed by atoms with Crippen molar-refractivity contribution >= 4 is 11.9 Å². The summed E-state index contributed by atoms with van der Waals surface area (Å²) in [5.41, 5.74) is -1.62. The summed E-state index contributed by atoms with van der Waals surface area (Å²) in [5.74, 6) is -1.55. The standard InChI is InChI=1S/C23H26F3NO4/c1-6-27(14(2)28)13-15-9-7-8-10-16(15)17-11-18(22(3,4)21(29)30)19(23(24,25)26)12-20(17)31-5/h7-12H,6,13H2,1-5H3,(H,29,30). The minimum Gasteiger partial charge on any atom is -0.496 e. The summed E-state index contributed by atoms with van der Waals surface area (Å²) in [6.45, 7) is 6.46. The Bertz CT molecular complexity index is 983. The highest BCUT2D eigenvalue weighted by Gasteiger charge is 2.42. The molecule has 2 aromatic rings. The Hall–Kier alpha value is -3.03. The van der Waals surface area contributed by atoms with Gasteiger partial charge in [0.05, 0.1) is 18.1 Å². The largest absolute Gasteiger partial charge is 0.496 e. The van der Waals surface area contributed by atoms with Crippen LogP contribution in [-0.4, -0.2) is 35.5 Å². The smallest absolute Gasteiger partial charge is 0.416 e. The van der Waals surface area contributed by atoms with Crippen molar-refractivity contribution in [3.63, 3.8) is 0 Å². The summed E-state index contributed by atoms with van der Waals surface area (Å²) in [6, 6.07) is 9.06. The van der Waals surface area contributed by atoms with E-state index in [1.165, 1.54) is 33.9 Å². The van der Waals surface area contributed by atoms with Gasteiger partial charge in [0, 0.05) is 25.6 Å². The number of carboxylic acid groups (broad SMARTS) is 1. The van der Waals surface area contributed by atoms with Crippen molar-refractivity contribution in [2.45, 2.75) is 45.8 Å². The predicted octanol–water partition coefficient (Wildman–Crippen LogP) is 5.11. The second kappa shape index (κ2) is 8.99. The van der Waals surface area contributed by atoms with Crippen molar-refractivity contribution in [1.82, 2.24) is 4.90 Å². The van der Waals surface area contributed by atoms with Gasteiger partial charge < -0.3 is 14.7 Å². The molecule has 2 aromatic carbocycles. The molecular weight excluding hydrogens is 411 g/mol. The van der Waals surface area contributed by atoms with Gasteiger partial charge in [0.25, 0.3) is 0 Å². The molecule has 0 saturated heterocycles. The summed E-state index contributed by atoms with van der Waals surface area (Å²) in [4.78, 5) is 25.3. The minimum absolute atomic E-state index is 0.0319. The zero-order chi connectivity index (χ0) is 23.6. The van der Waals surface area contributed by atoms with Crippen LogP contribution in [0.4, 0.5) is 13.2 Å². The van der Waals surface area contributed by atoms with Gasteiger partial charge in [-0.3, -0.25) is 9.59 Å². The number of methoxy groups -OCH3 is 1. The summed E-state index contributed by atoms with van der Waals surface area (Å²) in [6.07, 6.45) is -4.76. The molecule has 0 atom stereocenters.